The van der Waals surface area contributed by atoms with Gasteiger partial charge in [-0.25, -0.2) is 0 Å². The smallest absolute Gasteiger partial charge is 0 e. The van der Waals surface area contributed by atoms with Crippen molar-refractivity contribution in [3.63, 3.8) is 0 Å². The molecular formula is C2H2NOU-. The number of carbonyl (C=O) groups excluding carboxylic acids is 1. The molecule has 0 radical (unpaired) electrons. The Morgan fingerprint density at radius 2 is 2.00 bits per heavy atom. The quantitative estimate of drug-likeness (QED) is 0.354. The summed E-state index contributed by atoms with van der Waals surface area (Å²) in [7, 11) is 2.81. The topological polar surface area (TPSA) is 29.4 Å². The largest absolute Gasteiger partial charge is 0.389 e. The predicted molar refractivity (Wildman–Crippen MR) is 13.5 cm³/mol. The molecule has 0 aliphatic carbocycles. The van der Waals surface area contributed by atoms with Crippen molar-refractivity contribution in [1.29, 1.82) is 0 Å². The van der Waals surface area contributed by atoms with Gasteiger partial charge in [0.1, 0.15) is 0 Å². The zero-order valence-electron chi connectivity index (χ0n) is 2.56. The summed E-state index contributed by atoms with van der Waals surface area (Å²) in [5.41, 5.74) is 0. The Morgan fingerprint density at radius 1 is 1.80 bits per heavy atom. The van der Waals surface area contributed by atoms with E-state index in [2.05, 4.69) is 12.0 Å². The van der Waals surface area contributed by atoms with Crippen LogP contribution >= 0.6 is 0 Å². The Balaban J connectivity index is 0. The summed E-state index contributed by atoms with van der Waals surface area (Å²) in [5.74, 6) is 0. The van der Waals surface area contributed by atoms with Crippen LogP contribution in [0, 0.1) is 38.2 Å². The fraction of sp³-hybridized carbons (Fsp3) is 0. The molecule has 0 spiro atoms. The second kappa shape index (κ2) is 8.85. The molecule has 0 aromatic carbocycles. The molecule has 5 heavy (non-hydrogen) atoms. The van der Waals surface area contributed by atoms with Crippen molar-refractivity contribution in [2.24, 2.45) is 4.99 Å². The van der Waals surface area contributed by atoms with Gasteiger partial charge in [-0.2, -0.15) is 7.05 Å². The number of isocyanates is 1. The Labute approximate surface area is 54.0 Å². The van der Waals surface area contributed by atoms with Crippen LogP contribution in [0.4, 0.5) is 0 Å². The van der Waals surface area contributed by atoms with Crippen LogP contribution in [-0.2, 0) is 4.79 Å². The van der Waals surface area contributed by atoms with Crippen molar-refractivity contribution >= 4 is 6.08 Å². The van der Waals surface area contributed by atoms with E-state index >= 15 is 0 Å². The Bertz CT molecular complexity index is 47.6. The standard InChI is InChI=1S/C2H2NO.U/c1-3-2-4;/h1H2;/q-1;. The first-order chi connectivity index (χ1) is 1.91. The third-order valence-electron chi connectivity index (χ3n) is 0.0645. The van der Waals surface area contributed by atoms with Crippen LogP contribution < -0.4 is 0 Å². The van der Waals surface area contributed by atoms with Gasteiger partial charge < -0.3 is 9.79 Å². The first kappa shape index (κ1) is 9.00. The molecule has 0 aromatic rings. The van der Waals surface area contributed by atoms with Gasteiger partial charge in [-0.1, -0.05) is 0 Å². The summed E-state index contributed by atoms with van der Waals surface area (Å²) in [6, 6.07) is 0. The molecule has 0 amide bonds. The van der Waals surface area contributed by atoms with E-state index in [1.807, 2.05) is 0 Å². The van der Waals surface area contributed by atoms with Crippen LogP contribution in [0.3, 0.4) is 0 Å². The molecule has 0 heterocycles. The van der Waals surface area contributed by atoms with Gasteiger partial charge in [0.25, 0.3) is 0 Å². The van der Waals surface area contributed by atoms with E-state index in [4.69, 9.17) is 4.79 Å². The minimum absolute atomic E-state index is 0. The SMILES string of the molecule is [CH2-]N=C=O.[U]. The van der Waals surface area contributed by atoms with E-state index in [1.165, 1.54) is 6.08 Å². The summed E-state index contributed by atoms with van der Waals surface area (Å²) in [6.07, 6.45) is 1.19. The maximum absolute atomic E-state index is 8.82. The van der Waals surface area contributed by atoms with Gasteiger partial charge in [0.05, 0.1) is 0 Å². The Morgan fingerprint density at radius 3 is 2.00 bits per heavy atom. The Kier molecular flexibility index (Phi) is 15.9. The maximum atomic E-state index is 8.82. The van der Waals surface area contributed by atoms with Gasteiger partial charge in [-0.3, -0.25) is 0 Å². The molecule has 0 aliphatic heterocycles. The molecule has 26 valence electrons. The minimum atomic E-state index is 0. The normalized spacial score (nSPS) is 3.20. The zero-order valence-corrected chi connectivity index (χ0v) is 6.73. The predicted octanol–water partition coefficient (Wildman–Crippen LogP) is 0.114. The molecule has 0 rings (SSSR count). The molecule has 0 bridgehead atoms. The number of nitrogens with zero attached hydrogens (tertiary/aromatic N) is 1. The molecule has 0 saturated heterocycles. The fourth-order valence-electron chi connectivity index (χ4n) is 0. The van der Waals surface area contributed by atoms with Gasteiger partial charge in [0.15, 0.2) is 0 Å². The second-order valence-corrected chi connectivity index (χ2v) is 0.249. The van der Waals surface area contributed by atoms with Crippen LogP contribution in [0.1, 0.15) is 0 Å². The van der Waals surface area contributed by atoms with Crippen LogP contribution in [0.5, 0.6) is 0 Å². The van der Waals surface area contributed by atoms with Gasteiger partial charge in [-0.05, 0) is 6.08 Å². The van der Waals surface area contributed by atoms with Crippen LogP contribution in [-0.4, -0.2) is 6.08 Å². The second-order valence-electron chi connectivity index (χ2n) is 0.249. The van der Waals surface area contributed by atoms with Gasteiger partial charge in [0.2, 0.25) is 0 Å². The molecule has 0 atom stereocenters. The Hall–Kier alpha value is 0.302. The monoisotopic (exact) mass is 294 g/mol. The molecule has 0 N–H and O–H groups in total. The summed E-state index contributed by atoms with van der Waals surface area (Å²) < 4.78 is 0. The maximum Gasteiger partial charge on any atom is 0 e. The van der Waals surface area contributed by atoms with Crippen molar-refractivity contribution in [2.75, 3.05) is 0 Å². The average Bonchev–Trinajstić information content (AvgIpc) is 1.37. The third kappa shape index (κ3) is 13.4. The van der Waals surface area contributed by atoms with Crippen molar-refractivity contribution in [1.82, 2.24) is 0 Å². The van der Waals surface area contributed by atoms with E-state index in [0.29, 0.717) is 0 Å². The molecule has 0 saturated carbocycles. The number of rotatable bonds is 0. The molecule has 3 heteroatoms. The summed E-state index contributed by atoms with van der Waals surface area (Å²) in [6.45, 7) is 0. The first-order valence-electron chi connectivity index (χ1n) is 0.744. The minimum Gasteiger partial charge on any atom is -0.389 e. The first-order valence-corrected chi connectivity index (χ1v) is 0.744. The third-order valence-corrected chi connectivity index (χ3v) is 0.0645. The van der Waals surface area contributed by atoms with E-state index in [-0.39, 0.29) is 31.1 Å². The van der Waals surface area contributed by atoms with Crippen LogP contribution in [0.2, 0.25) is 0 Å². The zero-order chi connectivity index (χ0) is 3.41. The van der Waals surface area contributed by atoms with E-state index in [9.17, 15) is 0 Å². The fourth-order valence-corrected chi connectivity index (χ4v) is 0. The summed E-state index contributed by atoms with van der Waals surface area (Å²) >= 11 is 0. The van der Waals surface area contributed by atoms with Gasteiger partial charge in [-0.15, -0.1) is 0 Å². The van der Waals surface area contributed by atoms with Crippen molar-refractivity contribution < 1.29 is 35.9 Å². The summed E-state index contributed by atoms with van der Waals surface area (Å²) in [4.78, 5) is 11.5. The number of hydrogen-bond acceptors (Lipinski definition) is 2. The van der Waals surface area contributed by atoms with Crippen LogP contribution in [0.25, 0.3) is 0 Å². The van der Waals surface area contributed by atoms with Crippen molar-refractivity contribution in [3.05, 3.63) is 7.05 Å². The molecule has 0 unspecified atom stereocenters. The molecule has 2 nitrogen and oxygen atoms in total. The number of aliphatic imine (C=N–C) groups is 1. The van der Waals surface area contributed by atoms with Crippen LogP contribution in [0.15, 0.2) is 4.99 Å². The molecular weight excluding hydrogens is 292 g/mol. The van der Waals surface area contributed by atoms with E-state index in [0.717, 1.165) is 0 Å². The van der Waals surface area contributed by atoms with E-state index in [1.54, 1.807) is 0 Å². The molecule has 0 aliphatic rings. The summed E-state index contributed by atoms with van der Waals surface area (Å²) in [5, 5.41) is 0. The van der Waals surface area contributed by atoms with E-state index < -0.39 is 0 Å². The average molecular weight is 294 g/mol. The molecule has 0 aromatic heterocycles. The van der Waals surface area contributed by atoms with Gasteiger partial charge in [0, 0.05) is 31.1 Å². The molecule has 0 fully saturated rings. The van der Waals surface area contributed by atoms with Gasteiger partial charge >= 0.3 is 0 Å². The van der Waals surface area contributed by atoms with Crippen molar-refractivity contribution in [3.8, 4) is 0 Å². The number of hydrogen-bond donors (Lipinski definition) is 0. The van der Waals surface area contributed by atoms with Crippen molar-refractivity contribution in [2.45, 2.75) is 0 Å².